The molecule has 1 aliphatic rings. The molecule has 0 bridgehead atoms. The van der Waals surface area contributed by atoms with Crippen LogP contribution in [0.15, 0.2) is 40.9 Å². The summed E-state index contributed by atoms with van der Waals surface area (Å²) < 4.78 is 22.1. The van der Waals surface area contributed by atoms with Crippen molar-refractivity contribution in [1.82, 2.24) is 10.1 Å². The van der Waals surface area contributed by atoms with Gasteiger partial charge in [-0.3, -0.25) is 4.79 Å². The lowest BCUT2D eigenvalue weighted by Gasteiger charge is -2.33. The largest absolute Gasteiger partial charge is 0.493 e. The molecular weight excluding hydrogens is 480 g/mol. The number of carbonyl (C=O) groups is 1. The van der Waals surface area contributed by atoms with E-state index >= 15 is 0 Å². The van der Waals surface area contributed by atoms with Crippen LogP contribution in [0.5, 0.6) is 17.2 Å². The van der Waals surface area contributed by atoms with Crippen LogP contribution in [0, 0.1) is 12.8 Å². The first-order chi connectivity index (χ1) is 18.2. The fourth-order valence-electron chi connectivity index (χ4n) is 5.22. The number of hydrogen-bond donors (Lipinski definition) is 0. The Morgan fingerprint density at radius 2 is 1.71 bits per heavy atom. The van der Waals surface area contributed by atoms with Crippen molar-refractivity contribution in [3.05, 3.63) is 58.8 Å². The minimum atomic E-state index is -0.0493. The molecule has 0 spiro atoms. The molecule has 0 aliphatic carbocycles. The fraction of sp³-hybridized carbons (Fsp3) is 0.484. The Morgan fingerprint density at radius 1 is 1.05 bits per heavy atom. The number of likely N-dealkylation sites (tertiary alicyclic amines) is 1. The van der Waals surface area contributed by atoms with E-state index in [0.717, 1.165) is 38.8 Å². The number of methoxy groups -OCH3 is 3. The first-order valence-corrected chi connectivity index (χ1v) is 13.3. The predicted molar refractivity (Wildman–Crippen MR) is 148 cm³/mol. The summed E-state index contributed by atoms with van der Waals surface area (Å²) in [5.41, 5.74) is 4.56. The molecule has 38 heavy (non-hydrogen) atoms. The highest BCUT2D eigenvalue weighted by Gasteiger charge is 2.31. The van der Waals surface area contributed by atoms with E-state index in [2.05, 4.69) is 50.2 Å². The molecule has 1 saturated heterocycles. The average Bonchev–Trinajstić information content (AvgIpc) is 3.31. The third kappa shape index (κ3) is 5.82. The van der Waals surface area contributed by atoms with Gasteiger partial charge in [-0.25, -0.2) is 0 Å². The van der Waals surface area contributed by atoms with Crippen molar-refractivity contribution in [2.75, 3.05) is 34.4 Å². The second kappa shape index (κ2) is 11.5. The third-order valence-electron chi connectivity index (χ3n) is 7.47. The zero-order chi connectivity index (χ0) is 27.4. The van der Waals surface area contributed by atoms with E-state index in [1.807, 2.05) is 4.90 Å². The number of hydrogen-bond acceptors (Lipinski definition) is 6. The predicted octanol–water partition coefficient (Wildman–Crippen LogP) is 6.46. The second-order valence-electron chi connectivity index (χ2n) is 11.1. The maximum atomic E-state index is 13.8. The van der Waals surface area contributed by atoms with E-state index in [4.69, 9.17) is 18.7 Å². The Bertz CT molecular complexity index is 1230. The van der Waals surface area contributed by atoms with E-state index in [1.54, 1.807) is 40.4 Å². The topological polar surface area (TPSA) is 74.0 Å². The van der Waals surface area contributed by atoms with E-state index in [9.17, 15) is 4.79 Å². The molecular formula is C31H40N2O5. The summed E-state index contributed by atoms with van der Waals surface area (Å²) in [6, 6.07) is 12.5. The van der Waals surface area contributed by atoms with Crippen LogP contribution in [-0.2, 0) is 11.8 Å². The summed E-state index contributed by atoms with van der Waals surface area (Å²) in [4.78, 5) is 15.8. The summed E-state index contributed by atoms with van der Waals surface area (Å²) in [6.45, 7) is 9.98. The molecule has 7 nitrogen and oxygen atoms in total. The Hall–Kier alpha value is -3.48. The van der Waals surface area contributed by atoms with Gasteiger partial charge in [0.1, 0.15) is 5.56 Å². The molecule has 1 amide bonds. The van der Waals surface area contributed by atoms with Gasteiger partial charge in [0.15, 0.2) is 17.3 Å². The summed E-state index contributed by atoms with van der Waals surface area (Å²) in [5.74, 6) is 2.28. The van der Waals surface area contributed by atoms with Crippen LogP contribution in [0.3, 0.4) is 0 Å². The van der Waals surface area contributed by atoms with Crippen molar-refractivity contribution in [2.24, 2.45) is 5.92 Å². The number of piperidine rings is 1. The number of amides is 1. The molecule has 1 atom stereocenters. The van der Waals surface area contributed by atoms with Gasteiger partial charge >= 0.3 is 0 Å². The summed E-state index contributed by atoms with van der Waals surface area (Å²) >= 11 is 0. The first kappa shape index (κ1) is 27.6. The Kier molecular flexibility index (Phi) is 8.34. The van der Waals surface area contributed by atoms with Crippen LogP contribution >= 0.6 is 0 Å². The molecule has 2 heterocycles. The molecule has 7 heteroatoms. The fourth-order valence-corrected chi connectivity index (χ4v) is 5.22. The molecule has 0 radical (unpaired) electrons. The van der Waals surface area contributed by atoms with Crippen molar-refractivity contribution in [1.29, 1.82) is 0 Å². The minimum absolute atomic E-state index is 0.0493. The normalized spacial score (nSPS) is 15.9. The zero-order valence-electron chi connectivity index (χ0n) is 23.7. The molecule has 0 saturated carbocycles. The zero-order valence-corrected chi connectivity index (χ0v) is 23.7. The van der Waals surface area contributed by atoms with E-state index < -0.39 is 0 Å². The van der Waals surface area contributed by atoms with Gasteiger partial charge in [0, 0.05) is 18.7 Å². The number of aromatic nitrogens is 1. The number of rotatable bonds is 8. The number of carbonyl (C=O) groups excluding carboxylic acids is 1. The molecule has 3 aromatic rings. The van der Waals surface area contributed by atoms with Crippen molar-refractivity contribution in [2.45, 2.75) is 58.8 Å². The minimum Gasteiger partial charge on any atom is -0.493 e. The lowest BCUT2D eigenvalue weighted by molar-refractivity contribution is 0.0668. The van der Waals surface area contributed by atoms with Crippen LogP contribution in [0.4, 0.5) is 0 Å². The Labute approximate surface area is 226 Å². The van der Waals surface area contributed by atoms with Crippen LogP contribution in [-0.4, -0.2) is 50.4 Å². The quantitative estimate of drug-likeness (QED) is 0.339. The van der Waals surface area contributed by atoms with Crippen LogP contribution < -0.4 is 14.2 Å². The van der Waals surface area contributed by atoms with Gasteiger partial charge < -0.3 is 23.6 Å². The molecule has 0 N–H and O–H groups in total. The molecule has 1 aromatic heterocycles. The molecule has 4 rings (SSSR count). The number of nitrogens with zero attached hydrogens (tertiary/aromatic N) is 2. The highest BCUT2D eigenvalue weighted by Crippen LogP contribution is 2.42. The molecule has 1 fully saturated rings. The lowest BCUT2D eigenvalue weighted by Crippen LogP contribution is -2.40. The van der Waals surface area contributed by atoms with Gasteiger partial charge in [0.2, 0.25) is 5.75 Å². The van der Waals surface area contributed by atoms with Crippen LogP contribution in [0.1, 0.15) is 67.2 Å². The highest BCUT2D eigenvalue weighted by molar-refractivity contribution is 6.00. The standard InChI is InChI=1S/C31H40N2O5/c1-20-27(28(38-32-20)23-17-25(35-5)29(37-7)26(18-23)36-6)30(34)33-16-8-9-22(19-33)11-10-21-12-14-24(15-13-21)31(2,3)4/h12-15,17-18,22H,8-11,16,19H2,1-7H3/t22-/m0/s1. The van der Waals surface area contributed by atoms with Crippen LogP contribution in [0.25, 0.3) is 11.3 Å². The molecule has 2 aromatic carbocycles. The molecule has 1 aliphatic heterocycles. The smallest absolute Gasteiger partial charge is 0.259 e. The van der Waals surface area contributed by atoms with Crippen molar-refractivity contribution < 1.29 is 23.5 Å². The Morgan fingerprint density at radius 3 is 2.29 bits per heavy atom. The van der Waals surface area contributed by atoms with Gasteiger partial charge in [-0.15, -0.1) is 0 Å². The maximum absolute atomic E-state index is 13.8. The number of aryl methyl sites for hydroxylation is 2. The summed E-state index contributed by atoms with van der Waals surface area (Å²) in [5, 5.41) is 4.15. The first-order valence-electron chi connectivity index (χ1n) is 13.3. The van der Waals surface area contributed by atoms with Crippen molar-refractivity contribution >= 4 is 5.91 Å². The Balaban J connectivity index is 1.50. The van der Waals surface area contributed by atoms with Gasteiger partial charge in [0.25, 0.3) is 5.91 Å². The summed E-state index contributed by atoms with van der Waals surface area (Å²) in [6.07, 6.45) is 4.19. The van der Waals surface area contributed by atoms with Gasteiger partial charge in [-0.05, 0) is 67.2 Å². The lowest BCUT2D eigenvalue weighted by atomic mass is 9.86. The van der Waals surface area contributed by atoms with Crippen molar-refractivity contribution in [3.63, 3.8) is 0 Å². The SMILES string of the molecule is COc1cc(-c2onc(C)c2C(=O)N2CCC[C@@H](CCc3ccc(C(C)(C)C)cc3)C2)cc(OC)c1OC. The van der Waals surface area contributed by atoms with Crippen molar-refractivity contribution in [3.8, 4) is 28.6 Å². The highest BCUT2D eigenvalue weighted by atomic mass is 16.5. The maximum Gasteiger partial charge on any atom is 0.259 e. The van der Waals surface area contributed by atoms with Gasteiger partial charge in [-0.2, -0.15) is 0 Å². The average molecular weight is 521 g/mol. The van der Waals surface area contributed by atoms with Gasteiger partial charge in [-0.1, -0.05) is 50.2 Å². The molecule has 0 unspecified atom stereocenters. The van der Waals surface area contributed by atoms with E-state index in [-0.39, 0.29) is 11.3 Å². The van der Waals surface area contributed by atoms with Gasteiger partial charge in [0.05, 0.1) is 27.0 Å². The molecule has 204 valence electrons. The van der Waals surface area contributed by atoms with E-state index in [0.29, 0.717) is 45.7 Å². The van der Waals surface area contributed by atoms with Crippen LogP contribution in [0.2, 0.25) is 0 Å². The second-order valence-corrected chi connectivity index (χ2v) is 11.1. The summed E-state index contributed by atoms with van der Waals surface area (Å²) in [7, 11) is 4.68. The van der Waals surface area contributed by atoms with E-state index in [1.165, 1.54) is 11.1 Å². The monoisotopic (exact) mass is 520 g/mol. The number of ether oxygens (including phenoxy) is 3. The third-order valence-corrected chi connectivity index (χ3v) is 7.47. The number of benzene rings is 2.